The first kappa shape index (κ1) is 38.5. The van der Waals surface area contributed by atoms with Gasteiger partial charge in [0.1, 0.15) is 30.3 Å². The van der Waals surface area contributed by atoms with Gasteiger partial charge in [-0.25, -0.2) is 14.4 Å². The smallest absolute Gasteiger partial charge is 0.331 e. The molecule has 0 aliphatic heterocycles. The van der Waals surface area contributed by atoms with Gasteiger partial charge in [0.25, 0.3) is 0 Å². The van der Waals surface area contributed by atoms with E-state index in [4.69, 9.17) is 18.9 Å². The van der Waals surface area contributed by atoms with Crippen LogP contribution in [0.3, 0.4) is 0 Å². The van der Waals surface area contributed by atoms with E-state index in [1.807, 2.05) is 41.5 Å². The van der Waals surface area contributed by atoms with Crippen molar-refractivity contribution in [2.45, 2.75) is 98.7 Å². The maximum atomic E-state index is 12.7. The number of ether oxygens (including phenoxy) is 4. The average molecular weight is 602 g/mol. The molecule has 0 rings (SSSR count). The Morgan fingerprint density at radius 3 is 1.12 bits per heavy atom. The number of nitrogens with one attached hydrogen (secondary N) is 3. The molecule has 0 radical (unpaired) electrons. The van der Waals surface area contributed by atoms with Crippen LogP contribution in [-0.4, -0.2) is 80.2 Å². The molecule has 0 bridgehead atoms. The molecule has 0 spiro atoms. The molecule has 0 saturated carbocycles. The van der Waals surface area contributed by atoms with E-state index in [9.17, 15) is 33.6 Å². The molecule has 3 atom stereocenters. The molecule has 0 aliphatic carbocycles. The minimum absolute atomic E-state index is 0.00205. The molecule has 0 aromatic carbocycles. The summed E-state index contributed by atoms with van der Waals surface area (Å²) in [7, 11) is 1.35. The summed E-state index contributed by atoms with van der Waals surface area (Å²) in [5, 5.41) is 7.37. The molecule has 42 heavy (non-hydrogen) atoms. The summed E-state index contributed by atoms with van der Waals surface area (Å²) in [4.78, 5) is 85.7. The van der Waals surface area contributed by atoms with Crippen molar-refractivity contribution in [2.24, 2.45) is 17.8 Å². The topological polar surface area (TPSA) is 192 Å². The Bertz CT molecular complexity index is 934. The van der Waals surface area contributed by atoms with Crippen molar-refractivity contribution in [3.8, 4) is 0 Å². The van der Waals surface area contributed by atoms with Crippen molar-refractivity contribution < 1.29 is 52.5 Å². The highest BCUT2D eigenvalue weighted by atomic mass is 16.7. The van der Waals surface area contributed by atoms with E-state index in [0.29, 0.717) is 0 Å². The van der Waals surface area contributed by atoms with Gasteiger partial charge in [0.15, 0.2) is 6.79 Å². The van der Waals surface area contributed by atoms with Gasteiger partial charge >= 0.3 is 17.9 Å². The second-order valence-electron chi connectivity index (χ2n) is 11.2. The van der Waals surface area contributed by atoms with Crippen LogP contribution in [0.15, 0.2) is 0 Å². The van der Waals surface area contributed by atoms with E-state index in [0.717, 1.165) is 0 Å². The highest BCUT2D eigenvalue weighted by Gasteiger charge is 2.28. The number of ketones is 1. The normalized spacial score (nSPS) is 13.1. The van der Waals surface area contributed by atoms with E-state index in [1.165, 1.54) is 14.0 Å². The van der Waals surface area contributed by atoms with Crippen LogP contribution in [0.25, 0.3) is 0 Å². The number of methoxy groups -OCH3 is 1. The number of esters is 3. The van der Waals surface area contributed by atoms with Crippen molar-refractivity contribution in [2.75, 3.05) is 20.7 Å². The third-order valence-electron chi connectivity index (χ3n) is 5.43. The Morgan fingerprint density at radius 2 is 0.833 bits per heavy atom. The number of carbonyl (C=O) groups excluding carboxylic acids is 7. The zero-order valence-corrected chi connectivity index (χ0v) is 25.9. The van der Waals surface area contributed by atoms with Crippen molar-refractivity contribution in [3.05, 3.63) is 0 Å². The second kappa shape index (κ2) is 20.3. The Labute approximate surface area is 247 Å². The van der Waals surface area contributed by atoms with E-state index >= 15 is 0 Å². The molecule has 14 heteroatoms. The highest BCUT2D eigenvalue weighted by Crippen LogP contribution is 2.10. The fourth-order valence-corrected chi connectivity index (χ4v) is 3.73. The summed E-state index contributed by atoms with van der Waals surface area (Å²) in [6.07, 6.45) is -0.389. The van der Waals surface area contributed by atoms with Crippen LogP contribution < -0.4 is 16.0 Å². The summed E-state index contributed by atoms with van der Waals surface area (Å²) in [5.41, 5.74) is 0. The van der Waals surface area contributed by atoms with E-state index in [2.05, 4.69) is 16.0 Å². The quantitative estimate of drug-likeness (QED) is 0.103. The van der Waals surface area contributed by atoms with Gasteiger partial charge in [0.2, 0.25) is 24.5 Å². The lowest BCUT2D eigenvalue weighted by Crippen LogP contribution is -2.47. The van der Waals surface area contributed by atoms with Crippen molar-refractivity contribution in [1.82, 2.24) is 16.0 Å². The summed E-state index contributed by atoms with van der Waals surface area (Å²) >= 11 is 0. The largest absolute Gasteiger partial charge is 0.437 e. The first-order valence-electron chi connectivity index (χ1n) is 13.9. The fourth-order valence-electron chi connectivity index (χ4n) is 3.73. The predicted octanol–water partition coefficient (Wildman–Crippen LogP) is 1.14. The van der Waals surface area contributed by atoms with Crippen LogP contribution in [0.2, 0.25) is 0 Å². The van der Waals surface area contributed by atoms with Crippen molar-refractivity contribution in [1.29, 1.82) is 0 Å². The minimum atomic E-state index is -1.15. The van der Waals surface area contributed by atoms with E-state index < -0.39 is 67.0 Å². The summed E-state index contributed by atoms with van der Waals surface area (Å²) < 4.78 is 19.7. The molecule has 0 fully saturated rings. The number of rotatable bonds is 20. The first-order chi connectivity index (χ1) is 19.5. The summed E-state index contributed by atoms with van der Waals surface area (Å²) in [5.74, 6) is -5.00. The molecule has 0 heterocycles. The lowest BCUT2D eigenvalue weighted by atomic mass is 10.0. The molecule has 0 saturated heterocycles. The fraction of sp³-hybridized carbons (Fsp3) is 0.750. The molecular weight excluding hydrogens is 554 g/mol. The molecule has 0 aliphatic rings. The molecule has 240 valence electrons. The van der Waals surface area contributed by atoms with Crippen LogP contribution >= 0.6 is 0 Å². The third kappa shape index (κ3) is 18.0. The number of amides is 3. The number of Topliss-reactive ketones (excluding diaryl/α,β-unsaturated/α-hetero) is 1. The van der Waals surface area contributed by atoms with Crippen LogP contribution in [0.1, 0.15) is 80.6 Å². The van der Waals surface area contributed by atoms with Gasteiger partial charge in [-0.05, 0) is 43.9 Å². The van der Waals surface area contributed by atoms with E-state index in [-0.39, 0.29) is 56.0 Å². The highest BCUT2D eigenvalue weighted by molar-refractivity contribution is 6.00. The van der Waals surface area contributed by atoms with Gasteiger partial charge in [-0.2, -0.15) is 0 Å². The minimum Gasteiger partial charge on any atom is -0.437 e. The van der Waals surface area contributed by atoms with Crippen LogP contribution in [-0.2, 0) is 52.5 Å². The average Bonchev–Trinajstić information content (AvgIpc) is 2.84. The first-order valence-corrected chi connectivity index (χ1v) is 13.9. The summed E-state index contributed by atoms with van der Waals surface area (Å²) in [6, 6.07) is -3.19. The van der Waals surface area contributed by atoms with Crippen LogP contribution in [0, 0.1) is 17.8 Å². The Kier molecular flexibility index (Phi) is 18.6. The van der Waals surface area contributed by atoms with Crippen LogP contribution in [0.5, 0.6) is 0 Å². The number of carbonyl (C=O) groups is 7. The maximum absolute atomic E-state index is 12.7. The van der Waals surface area contributed by atoms with Gasteiger partial charge < -0.3 is 34.9 Å². The molecule has 14 nitrogen and oxygen atoms in total. The van der Waals surface area contributed by atoms with Gasteiger partial charge in [-0.15, -0.1) is 0 Å². The lowest BCUT2D eigenvalue weighted by molar-refractivity contribution is -0.171. The Morgan fingerprint density at radius 1 is 0.524 bits per heavy atom. The van der Waals surface area contributed by atoms with Gasteiger partial charge in [0, 0.05) is 7.11 Å². The van der Waals surface area contributed by atoms with E-state index in [1.54, 1.807) is 0 Å². The molecule has 0 aromatic heterocycles. The lowest BCUT2D eigenvalue weighted by Gasteiger charge is -2.21. The molecular formula is C28H47N3O11. The Balaban J connectivity index is 5.13. The van der Waals surface area contributed by atoms with Gasteiger partial charge in [-0.3, -0.25) is 19.2 Å². The SMILES string of the molecule is COCOC(=O)C(CC(C)C)NC(=O)CC(=O)NC(CC(C)C)C(=O)OCOC(=O)C(CC(C)C)NC(=O)CC(C)=O. The maximum Gasteiger partial charge on any atom is 0.331 e. The third-order valence-corrected chi connectivity index (χ3v) is 5.43. The molecule has 3 N–H and O–H groups in total. The standard InChI is InChI=1S/C28H47N3O11/c1-16(2)9-20(26(36)40-14-39-8)30-24(34)13-25(35)31-22(11-18(5)6)28(38)42-15-41-27(37)21(10-17(3)4)29-23(33)12-19(7)32/h16-18,20-22H,9-15H2,1-8H3,(H,29,33)(H,30,34)(H,31,35). The van der Waals surface area contributed by atoms with Gasteiger partial charge in [-0.1, -0.05) is 41.5 Å². The van der Waals surface area contributed by atoms with Gasteiger partial charge in [0.05, 0.1) is 6.42 Å². The monoisotopic (exact) mass is 601 g/mol. The summed E-state index contributed by atoms with van der Waals surface area (Å²) in [6.45, 7) is 11.2. The van der Waals surface area contributed by atoms with Crippen molar-refractivity contribution >= 4 is 41.4 Å². The zero-order valence-electron chi connectivity index (χ0n) is 25.9. The second-order valence-corrected chi connectivity index (χ2v) is 11.2. The molecule has 3 amide bonds. The molecule has 0 aromatic rings. The molecule has 3 unspecified atom stereocenters. The predicted molar refractivity (Wildman–Crippen MR) is 149 cm³/mol. The van der Waals surface area contributed by atoms with Crippen molar-refractivity contribution in [3.63, 3.8) is 0 Å². The number of hydrogen-bond acceptors (Lipinski definition) is 11. The Hall–Kier alpha value is -3.55. The number of hydrogen-bond donors (Lipinski definition) is 3. The zero-order chi connectivity index (χ0) is 32.4. The van der Waals surface area contributed by atoms with Crippen LogP contribution in [0.4, 0.5) is 0 Å².